The molecule has 0 radical (unpaired) electrons. The summed E-state index contributed by atoms with van der Waals surface area (Å²) in [4.78, 5) is 4.66. The quantitative estimate of drug-likeness (QED) is 0.823. The van der Waals surface area contributed by atoms with Gasteiger partial charge in [-0.05, 0) is 43.9 Å². The van der Waals surface area contributed by atoms with Gasteiger partial charge in [0.05, 0.1) is 0 Å². The van der Waals surface area contributed by atoms with E-state index in [2.05, 4.69) is 29.1 Å². The highest BCUT2D eigenvalue weighted by atomic mass is 15.3. The van der Waals surface area contributed by atoms with Crippen molar-refractivity contribution in [3.63, 3.8) is 0 Å². The van der Waals surface area contributed by atoms with E-state index in [1.54, 1.807) is 0 Å². The Bertz CT molecular complexity index is 608. The Labute approximate surface area is 107 Å². The van der Waals surface area contributed by atoms with Gasteiger partial charge < -0.3 is 5.73 Å². The van der Waals surface area contributed by atoms with Gasteiger partial charge in [0.2, 0.25) is 0 Å². The molecule has 1 aliphatic carbocycles. The Morgan fingerprint density at radius 2 is 2.00 bits per heavy atom. The Balaban J connectivity index is 2.14. The van der Waals surface area contributed by atoms with Crippen molar-refractivity contribution in [1.82, 2.24) is 14.8 Å². The van der Waals surface area contributed by atoms with Gasteiger partial charge in [-0.2, -0.15) is 5.10 Å². The van der Waals surface area contributed by atoms with Crippen LogP contribution < -0.4 is 5.73 Å². The number of benzene rings is 1. The molecule has 0 unspecified atom stereocenters. The molecule has 1 heterocycles. The molecule has 0 atom stereocenters. The number of aryl methyl sites for hydroxylation is 3. The van der Waals surface area contributed by atoms with E-state index in [-0.39, 0.29) is 0 Å². The average Bonchev–Trinajstić information content (AvgIpc) is 3.08. The van der Waals surface area contributed by atoms with E-state index in [9.17, 15) is 0 Å². The van der Waals surface area contributed by atoms with Crippen LogP contribution in [0.4, 0.5) is 5.69 Å². The van der Waals surface area contributed by atoms with E-state index in [0.29, 0.717) is 5.92 Å². The molecule has 94 valence electrons. The Morgan fingerprint density at radius 1 is 1.28 bits per heavy atom. The van der Waals surface area contributed by atoms with Crippen LogP contribution in [0.1, 0.15) is 35.7 Å². The Kier molecular flexibility index (Phi) is 2.40. The van der Waals surface area contributed by atoms with Gasteiger partial charge in [-0.15, -0.1) is 0 Å². The molecule has 18 heavy (non-hydrogen) atoms. The van der Waals surface area contributed by atoms with E-state index in [1.165, 1.54) is 18.4 Å². The van der Waals surface area contributed by atoms with E-state index >= 15 is 0 Å². The fourth-order valence-corrected chi connectivity index (χ4v) is 2.32. The molecule has 1 aromatic carbocycles. The van der Waals surface area contributed by atoms with Gasteiger partial charge in [-0.3, -0.25) is 0 Å². The van der Waals surface area contributed by atoms with Gasteiger partial charge in [0, 0.05) is 24.2 Å². The van der Waals surface area contributed by atoms with Crippen molar-refractivity contribution >= 4 is 5.69 Å². The summed E-state index contributed by atoms with van der Waals surface area (Å²) in [6.45, 7) is 4.11. The fraction of sp³-hybridized carbons (Fsp3) is 0.429. The van der Waals surface area contributed by atoms with Gasteiger partial charge in [0.15, 0.2) is 11.6 Å². The van der Waals surface area contributed by atoms with Crippen LogP contribution in [0.25, 0.3) is 11.4 Å². The number of nitrogens with two attached hydrogens (primary N) is 1. The lowest BCUT2D eigenvalue weighted by atomic mass is 10.0. The number of nitrogen functional groups attached to an aromatic ring is 1. The number of hydrogen-bond acceptors (Lipinski definition) is 3. The molecule has 4 heteroatoms. The van der Waals surface area contributed by atoms with Crippen molar-refractivity contribution < 1.29 is 0 Å². The largest absolute Gasteiger partial charge is 0.398 e. The first kappa shape index (κ1) is 11.3. The summed E-state index contributed by atoms with van der Waals surface area (Å²) in [6.07, 6.45) is 2.43. The lowest BCUT2D eigenvalue weighted by Crippen LogP contribution is -2.00. The zero-order chi connectivity index (χ0) is 12.9. The fourth-order valence-electron chi connectivity index (χ4n) is 2.32. The van der Waals surface area contributed by atoms with E-state index in [0.717, 1.165) is 28.5 Å². The highest BCUT2D eigenvalue weighted by Gasteiger charge is 2.29. The van der Waals surface area contributed by atoms with Crippen LogP contribution in [0.3, 0.4) is 0 Å². The molecule has 1 fully saturated rings. The molecule has 0 saturated heterocycles. The first-order chi connectivity index (χ1) is 8.56. The molecule has 1 aliphatic rings. The second kappa shape index (κ2) is 3.83. The van der Waals surface area contributed by atoms with E-state index < -0.39 is 0 Å². The Hall–Kier alpha value is -1.84. The number of anilines is 1. The maximum absolute atomic E-state index is 6.17. The monoisotopic (exact) mass is 242 g/mol. The number of rotatable bonds is 2. The Morgan fingerprint density at radius 3 is 2.67 bits per heavy atom. The summed E-state index contributed by atoms with van der Waals surface area (Å²) >= 11 is 0. The van der Waals surface area contributed by atoms with Crippen LogP contribution in [0.2, 0.25) is 0 Å². The third-order valence-electron chi connectivity index (χ3n) is 3.49. The maximum Gasteiger partial charge on any atom is 0.160 e. The molecule has 2 aromatic rings. The first-order valence-corrected chi connectivity index (χ1v) is 6.34. The van der Waals surface area contributed by atoms with Crippen molar-refractivity contribution in [2.75, 3.05) is 5.73 Å². The van der Waals surface area contributed by atoms with Crippen LogP contribution in [0.15, 0.2) is 12.1 Å². The first-order valence-electron chi connectivity index (χ1n) is 6.34. The molecule has 3 rings (SSSR count). The minimum Gasteiger partial charge on any atom is -0.398 e. The molecule has 1 aromatic heterocycles. The summed E-state index contributed by atoms with van der Waals surface area (Å²) in [5.74, 6) is 2.41. The molecular weight excluding hydrogens is 224 g/mol. The highest BCUT2D eigenvalue weighted by molar-refractivity contribution is 5.75. The topological polar surface area (TPSA) is 56.7 Å². The third kappa shape index (κ3) is 1.78. The smallest absolute Gasteiger partial charge is 0.160 e. The van der Waals surface area contributed by atoms with Crippen LogP contribution in [0, 0.1) is 13.8 Å². The zero-order valence-corrected chi connectivity index (χ0v) is 11.1. The lowest BCUT2D eigenvalue weighted by Gasteiger charge is -2.09. The standard InChI is InChI=1S/C14H18N4/c1-8-6-9(2)12(15)11(7-8)14-16-13(10-4-5-10)17-18(14)3/h6-7,10H,4-5,15H2,1-3H3. The highest BCUT2D eigenvalue weighted by Crippen LogP contribution is 2.39. The predicted octanol–water partition coefficient (Wildman–Crippen LogP) is 2.56. The molecule has 2 N–H and O–H groups in total. The van der Waals surface area contributed by atoms with Crippen LogP contribution in [-0.4, -0.2) is 14.8 Å². The minimum atomic E-state index is 0.567. The van der Waals surface area contributed by atoms with Gasteiger partial charge in [-0.25, -0.2) is 9.67 Å². The number of aromatic nitrogens is 3. The molecule has 4 nitrogen and oxygen atoms in total. The van der Waals surface area contributed by atoms with Gasteiger partial charge in [0.1, 0.15) is 0 Å². The van der Waals surface area contributed by atoms with Gasteiger partial charge >= 0.3 is 0 Å². The van der Waals surface area contributed by atoms with Gasteiger partial charge in [0.25, 0.3) is 0 Å². The van der Waals surface area contributed by atoms with Crippen LogP contribution in [-0.2, 0) is 7.05 Å². The summed E-state index contributed by atoms with van der Waals surface area (Å²) in [5, 5.41) is 4.50. The summed E-state index contributed by atoms with van der Waals surface area (Å²) in [5.41, 5.74) is 10.3. The molecular formula is C14H18N4. The number of nitrogens with zero attached hydrogens (tertiary/aromatic N) is 3. The molecule has 0 spiro atoms. The normalized spacial score (nSPS) is 15.1. The predicted molar refractivity (Wildman–Crippen MR) is 72.3 cm³/mol. The van der Waals surface area contributed by atoms with Gasteiger partial charge in [-0.1, -0.05) is 6.07 Å². The summed E-state index contributed by atoms with van der Waals surface area (Å²) < 4.78 is 1.85. The van der Waals surface area contributed by atoms with Crippen molar-refractivity contribution in [1.29, 1.82) is 0 Å². The number of hydrogen-bond donors (Lipinski definition) is 1. The van der Waals surface area contributed by atoms with Crippen molar-refractivity contribution in [2.45, 2.75) is 32.6 Å². The van der Waals surface area contributed by atoms with E-state index in [4.69, 9.17) is 5.73 Å². The second-order valence-electron chi connectivity index (χ2n) is 5.23. The van der Waals surface area contributed by atoms with Crippen LogP contribution >= 0.6 is 0 Å². The zero-order valence-electron chi connectivity index (χ0n) is 11.1. The molecule has 0 aliphatic heterocycles. The third-order valence-corrected chi connectivity index (χ3v) is 3.49. The van der Waals surface area contributed by atoms with Crippen molar-refractivity contribution in [3.05, 3.63) is 29.1 Å². The minimum absolute atomic E-state index is 0.567. The van der Waals surface area contributed by atoms with Crippen LogP contribution in [0.5, 0.6) is 0 Å². The summed E-state index contributed by atoms with van der Waals surface area (Å²) in [7, 11) is 1.94. The van der Waals surface area contributed by atoms with Crippen molar-refractivity contribution in [2.24, 2.45) is 7.05 Å². The molecule has 0 bridgehead atoms. The summed E-state index contributed by atoms with van der Waals surface area (Å²) in [6, 6.07) is 4.18. The van der Waals surface area contributed by atoms with Crippen molar-refractivity contribution in [3.8, 4) is 11.4 Å². The molecule has 1 saturated carbocycles. The second-order valence-corrected chi connectivity index (χ2v) is 5.23. The van der Waals surface area contributed by atoms with E-state index in [1.807, 2.05) is 18.7 Å². The SMILES string of the molecule is Cc1cc(C)c(N)c(-c2nc(C3CC3)nn2C)c1. The average molecular weight is 242 g/mol. The lowest BCUT2D eigenvalue weighted by molar-refractivity contribution is 0.750. The maximum atomic E-state index is 6.17. The molecule has 0 amide bonds.